The lowest BCUT2D eigenvalue weighted by atomic mass is 10.4. The molecule has 22 heavy (non-hydrogen) atoms. The minimum atomic E-state index is -0.270. The Kier molecular flexibility index (Phi) is 4.41. The number of aromatic nitrogens is 5. The molecule has 3 aromatic heterocycles. The largest absolute Gasteiger partial charge is 0.309 e. The number of anilines is 1. The van der Waals surface area contributed by atoms with E-state index in [2.05, 4.69) is 25.4 Å². The summed E-state index contributed by atoms with van der Waals surface area (Å²) < 4.78 is 1.54. The number of carbonyl (C=O) groups is 1. The van der Waals surface area contributed by atoms with E-state index in [-0.39, 0.29) is 22.5 Å². The van der Waals surface area contributed by atoms with Crippen LogP contribution in [-0.2, 0) is 4.79 Å². The molecule has 3 aromatic rings. The average molecular weight is 355 g/mol. The highest BCUT2D eigenvalue weighted by molar-refractivity contribution is 7.99. The predicted molar refractivity (Wildman–Crippen MR) is 84.4 cm³/mol. The Morgan fingerprint density at radius 1 is 1.36 bits per heavy atom. The third-order valence-corrected chi connectivity index (χ3v) is 3.83. The van der Waals surface area contributed by atoms with Gasteiger partial charge in [0.2, 0.25) is 11.1 Å². The topological polar surface area (TPSA) is 85.1 Å². The maximum atomic E-state index is 11.9. The zero-order valence-electron chi connectivity index (χ0n) is 10.9. The summed E-state index contributed by atoms with van der Waals surface area (Å²) in [6.07, 6.45) is 4.77. The van der Waals surface area contributed by atoms with Gasteiger partial charge < -0.3 is 5.32 Å². The predicted octanol–water partition coefficient (Wildman–Crippen LogP) is 2.56. The Labute approximate surface area is 139 Å². The van der Waals surface area contributed by atoms with Crippen LogP contribution in [-0.4, -0.2) is 36.2 Å². The molecular formula is C12H8Cl2N6OS. The zero-order valence-corrected chi connectivity index (χ0v) is 13.2. The van der Waals surface area contributed by atoms with Crippen molar-refractivity contribution >= 4 is 52.5 Å². The van der Waals surface area contributed by atoms with E-state index in [0.717, 1.165) is 0 Å². The molecule has 1 amide bonds. The number of thioether (sulfide) groups is 1. The second-order valence-corrected chi connectivity index (χ2v) is 5.87. The number of pyridine rings is 1. The van der Waals surface area contributed by atoms with Gasteiger partial charge in [0.05, 0.1) is 15.8 Å². The number of amides is 1. The number of rotatable bonds is 4. The van der Waals surface area contributed by atoms with Crippen LogP contribution in [0, 0.1) is 0 Å². The molecule has 0 fully saturated rings. The van der Waals surface area contributed by atoms with Crippen molar-refractivity contribution in [2.75, 3.05) is 11.1 Å². The maximum absolute atomic E-state index is 11.9. The summed E-state index contributed by atoms with van der Waals surface area (Å²) in [7, 11) is 0. The van der Waals surface area contributed by atoms with E-state index in [4.69, 9.17) is 23.2 Å². The van der Waals surface area contributed by atoms with Gasteiger partial charge in [0.25, 0.3) is 5.78 Å². The number of nitrogens with one attached hydrogen (secondary N) is 1. The van der Waals surface area contributed by atoms with Gasteiger partial charge in [-0.1, -0.05) is 35.0 Å². The summed E-state index contributed by atoms with van der Waals surface area (Å²) in [5, 5.41) is 7.93. The highest BCUT2D eigenvalue weighted by Gasteiger charge is 2.11. The van der Waals surface area contributed by atoms with Crippen LogP contribution >= 0.6 is 35.0 Å². The molecule has 0 unspecified atom stereocenters. The summed E-state index contributed by atoms with van der Waals surface area (Å²) in [6.45, 7) is 0. The number of fused-ring (bicyclic) bond motifs is 1. The number of hydrogen-bond donors (Lipinski definition) is 1. The van der Waals surface area contributed by atoms with Crippen LogP contribution in [0.15, 0.2) is 35.9 Å². The van der Waals surface area contributed by atoms with Crippen LogP contribution in [0.2, 0.25) is 10.0 Å². The fourth-order valence-electron chi connectivity index (χ4n) is 1.58. The minimum absolute atomic E-state index is 0.123. The Morgan fingerprint density at radius 2 is 2.23 bits per heavy atom. The average Bonchev–Trinajstić information content (AvgIpc) is 2.91. The molecule has 3 rings (SSSR count). The Morgan fingerprint density at radius 3 is 3.00 bits per heavy atom. The molecule has 0 spiro atoms. The van der Waals surface area contributed by atoms with E-state index in [9.17, 15) is 4.79 Å². The fourth-order valence-corrected chi connectivity index (χ4v) is 2.63. The molecule has 0 aromatic carbocycles. The first kappa shape index (κ1) is 15.0. The van der Waals surface area contributed by atoms with Crippen LogP contribution < -0.4 is 5.32 Å². The van der Waals surface area contributed by atoms with E-state index < -0.39 is 0 Å². The number of hydrogen-bond acceptors (Lipinski definition) is 6. The summed E-state index contributed by atoms with van der Waals surface area (Å²) >= 11 is 12.9. The van der Waals surface area contributed by atoms with E-state index in [1.807, 2.05) is 0 Å². The van der Waals surface area contributed by atoms with Crippen molar-refractivity contribution in [3.8, 4) is 0 Å². The Bertz CT molecular complexity index is 806. The molecule has 10 heteroatoms. The highest BCUT2D eigenvalue weighted by atomic mass is 35.5. The van der Waals surface area contributed by atoms with E-state index in [1.54, 1.807) is 18.5 Å². The molecule has 0 aliphatic heterocycles. The third-order valence-electron chi connectivity index (χ3n) is 2.50. The van der Waals surface area contributed by atoms with Crippen molar-refractivity contribution in [2.45, 2.75) is 5.16 Å². The van der Waals surface area contributed by atoms with Crippen LogP contribution in [0.1, 0.15) is 0 Å². The smallest absolute Gasteiger partial charge is 0.253 e. The molecule has 0 bridgehead atoms. The molecule has 0 radical (unpaired) electrons. The van der Waals surface area contributed by atoms with E-state index >= 15 is 0 Å². The highest BCUT2D eigenvalue weighted by Crippen LogP contribution is 2.23. The quantitative estimate of drug-likeness (QED) is 0.724. The number of carbonyl (C=O) groups excluding carboxylic acids is 1. The van der Waals surface area contributed by atoms with Crippen molar-refractivity contribution in [3.63, 3.8) is 0 Å². The maximum Gasteiger partial charge on any atom is 0.253 e. The normalized spacial score (nSPS) is 10.8. The summed E-state index contributed by atoms with van der Waals surface area (Å²) in [6, 6.07) is 3.26. The van der Waals surface area contributed by atoms with Crippen molar-refractivity contribution in [2.24, 2.45) is 0 Å². The van der Waals surface area contributed by atoms with Gasteiger partial charge in [-0.3, -0.25) is 4.79 Å². The van der Waals surface area contributed by atoms with Crippen LogP contribution in [0.3, 0.4) is 0 Å². The van der Waals surface area contributed by atoms with Crippen LogP contribution in [0.4, 0.5) is 5.82 Å². The molecule has 0 saturated carbocycles. The molecule has 0 atom stereocenters. The van der Waals surface area contributed by atoms with E-state index in [1.165, 1.54) is 28.5 Å². The second kappa shape index (κ2) is 6.47. The molecular weight excluding hydrogens is 347 g/mol. The van der Waals surface area contributed by atoms with Gasteiger partial charge >= 0.3 is 0 Å². The lowest BCUT2D eigenvalue weighted by Gasteiger charge is -2.05. The first-order chi connectivity index (χ1) is 10.6. The molecule has 7 nitrogen and oxygen atoms in total. The van der Waals surface area contributed by atoms with Gasteiger partial charge in [-0.05, 0) is 12.1 Å². The Balaban J connectivity index is 1.62. The first-order valence-corrected chi connectivity index (χ1v) is 7.77. The second-order valence-electron chi connectivity index (χ2n) is 4.08. The Hall–Kier alpha value is -1.90. The molecule has 3 heterocycles. The molecule has 0 saturated heterocycles. The van der Waals surface area contributed by atoms with Gasteiger partial charge in [0.1, 0.15) is 0 Å². The molecule has 1 N–H and O–H groups in total. The summed E-state index contributed by atoms with van der Waals surface area (Å²) in [4.78, 5) is 24.1. The molecule has 112 valence electrons. The molecule has 0 aliphatic carbocycles. The van der Waals surface area contributed by atoms with Gasteiger partial charge in [0, 0.05) is 18.6 Å². The minimum Gasteiger partial charge on any atom is -0.309 e. The van der Waals surface area contributed by atoms with Gasteiger partial charge in [-0.2, -0.15) is 4.98 Å². The summed E-state index contributed by atoms with van der Waals surface area (Å²) in [5.74, 6) is 0.597. The zero-order chi connectivity index (χ0) is 15.5. The van der Waals surface area contributed by atoms with Crippen molar-refractivity contribution < 1.29 is 4.79 Å². The van der Waals surface area contributed by atoms with Gasteiger partial charge in [-0.15, -0.1) is 5.10 Å². The van der Waals surface area contributed by atoms with Gasteiger partial charge in [-0.25, -0.2) is 14.5 Å². The van der Waals surface area contributed by atoms with Crippen molar-refractivity contribution in [1.82, 2.24) is 24.6 Å². The fraction of sp³-hybridized carbons (Fsp3) is 0.0833. The van der Waals surface area contributed by atoms with Crippen LogP contribution in [0.25, 0.3) is 5.78 Å². The number of halogens is 2. The van der Waals surface area contributed by atoms with E-state index in [0.29, 0.717) is 16.0 Å². The monoisotopic (exact) mass is 354 g/mol. The standard InChI is InChI=1S/C12H8Cl2N6OS/c13-7-4-8(14)10(16-5-7)17-9(21)6-22-12-18-11-15-2-1-3-20(11)19-12/h1-5H,6H2,(H,16,17,21). The molecule has 0 aliphatic rings. The van der Waals surface area contributed by atoms with Crippen molar-refractivity contribution in [3.05, 3.63) is 40.8 Å². The van der Waals surface area contributed by atoms with Crippen molar-refractivity contribution in [1.29, 1.82) is 0 Å². The number of nitrogens with zero attached hydrogens (tertiary/aromatic N) is 5. The third kappa shape index (κ3) is 3.46. The first-order valence-electron chi connectivity index (χ1n) is 6.03. The summed E-state index contributed by atoms with van der Waals surface area (Å²) in [5.41, 5.74) is 0. The lowest BCUT2D eigenvalue weighted by Crippen LogP contribution is -2.15. The SMILES string of the molecule is O=C(CSc1nc2ncccn2n1)Nc1ncc(Cl)cc1Cl. The van der Waals surface area contributed by atoms with Crippen LogP contribution in [0.5, 0.6) is 0 Å². The van der Waals surface area contributed by atoms with Gasteiger partial charge in [0.15, 0.2) is 5.82 Å². The lowest BCUT2D eigenvalue weighted by molar-refractivity contribution is -0.113.